The molecular formula is C30H29NO6. The Balaban J connectivity index is 1.37. The zero-order valence-electron chi connectivity index (χ0n) is 20.6. The number of carbonyl (C=O) groups excluding carboxylic acids is 2. The highest BCUT2D eigenvalue weighted by Gasteiger charge is 2.31. The minimum absolute atomic E-state index is 0.107. The van der Waals surface area contributed by atoms with Gasteiger partial charge in [0.1, 0.15) is 19.3 Å². The lowest BCUT2D eigenvalue weighted by molar-refractivity contribution is -0.142. The Bertz CT molecular complexity index is 1250. The predicted octanol–water partition coefficient (Wildman–Crippen LogP) is 5.30. The summed E-state index contributed by atoms with van der Waals surface area (Å²) in [7, 11) is 1.44. The van der Waals surface area contributed by atoms with E-state index in [9.17, 15) is 19.5 Å². The molecule has 1 N–H and O–H groups in total. The van der Waals surface area contributed by atoms with Gasteiger partial charge in [-0.1, -0.05) is 73.3 Å². The van der Waals surface area contributed by atoms with Crippen molar-refractivity contribution < 1.29 is 29.0 Å². The fourth-order valence-electron chi connectivity index (χ4n) is 4.63. The first-order chi connectivity index (χ1) is 17.9. The van der Waals surface area contributed by atoms with Gasteiger partial charge in [0.2, 0.25) is 0 Å². The second kappa shape index (κ2) is 11.6. The van der Waals surface area contributed by atoms with Crippen LogP contribution in [0, 0.1) is 0 Å². The van der Waals surface area contributed by atoms with Gasteiger partial charge in [-0.05, 0) is 52.8 Å². The topological polar surface area (TPSA) is 93.1 Å². The number of amides is 1. The Kier molecular flexibility index (Phi) is 8.03. The minimum atomic E-state index is -1.11. The van der Waals surface area contributed by atoms with E-state index >= 15 is 0 Å². The Morgan fingerprint density at radius 3 is 2.11 bits per heavy atom. The molecule has 3 aromatic carbocycles. The minimum Gasteiger partial charge on any atom is -0.480 e. The maximum Gasteiger partial charge on any atom is 0.410 e. The fraction of sp³-hybridized carbons (Fsp3) is 0.233. The van der Waals surface area contributed by atoms with Crippen LogP contribution < -0.4 is 0 Å². The molecule has 190 valence electrons. The molecule has 1 aliphatic rings. The number of carboxylic acid groups (broad SMARTS) is 1. The van der Waals surface area contributed by atoms with Gasteiger partial charge in [0.25, 0.3) is 0 Å². The molecule has 1 aliphatic carbocycles. The lowest BCUT2D eigenvalue weighted by Gasteiger charge is -2.25. The largest absolute Gasteiger partial charge is 0.480 e. The number of benzene rings is 3. The van der Waals surface area contributed by atoms with Crippen molar-refractivity contribution in [2.75, 3.05) is 20.3 Å². The van der Waals surface area contributed by atoms with Crippen molar-refractivity contribution >= 4 is 18.0 Å². The van der Waals surface area contributed by atoms with E-state index < -0.39 is 24.1 Å². The highest BCUT2D eigenvalue weighted by molar-refractivity contribution is 5.89. The summed E-state index contributed by atoms with van der Waals surface area (Å²) in [6.07, 6.45) is 1.40. The van der Waals surface area contributed by atoms with Crippen LogP contribution in [0.4, 0.5) is 4.79 Å². The first kappa shape index (κ1) is 25.7. The van der Waals surface area contributed by atoms with Crippen molar-refractivity contribution in [3.63, 3.8) is 0 Å². The van der Waals surface area contributed by atoms with E-state index in [1.54, 1.807) is 24.3 Å². The van der Waals surface area contributed by atoms with Gasteiger partial charge < -0.3 is 14.6 Å². The van der Waals surface area contributed by atoms with E-state index in [1.807, 2.05) is 36.4 Å². The number of carboxylic acids is 1. The third-order valence-corrected chi connectivity index (χ3v) is 6.60. The molecule has 7 nitrogen and oxygen atoms in total. The molecule has 0 saturated carbocycles. The molecule has 7 heteroatoms. The Labute approximate surface area is 215 Å². The van der Waals surface area contributed by atoms with Crippen molar-refractivity contribution in [1.82, 2.24) is 4.90 Å². The summed E-state index contributed by atoms with van der Waals surface area (Å²) in [5.41, 5.74) is 5.66. The maximum absolute atomic E-state index is 12.9. The zero-order chi connectivity index (χ0) is 26.4. The molecule has 0 saturated heterocycles. The number of hydrogen-bond donors (Lipinski definition) is 1. The SMILES string of the molecule is C=CCOC(=O)c1ccc(CC[C@H](C(=O)O)N(C)C(=O)OCC2c3ccccc3-c3ccccc32)cc1. The summed E-state index contributed by atoms with van der Waals surface area (Å²) in [6, 6.07) is 21.8. The second-order valence-corrected chi connectivity index (χ2v) is 8.89. The van der Waals surface area contributed by atoms with Crippen LogP contribution in [0.1, 0.15) is 39.4 Å². The van der Waals surface area contributed by atoms with E-state index in [2.05, 4.69) is 18.7 Å². The lowest BCUT2D eigenvalue weighted by atomic mass is 9.98. The third kappa shape index (κ3) is 5.72. The van der Waals surface area contributed by atoms with Gasteiger partial charge in [0, 0.05) is 13.0 Å². The molecule has 0 heterocycles. The number of nitrogens with zero attached hydrogens (tertiary/aromatic N) is 1. The van der Waals surface area contributed by atoms with E-state index in [4.69, 9.17) is 9.47 Å². The summed E-state index contributed by atoms with van der Waals surface area (Å²) < 4.78 is 10.6. The number of likely N-dealkylation sites (N-methyl/N-ethyl adjacent to an activating group) is 1. The summed E-state index contributed by atoms with van der Waals surface area (Å²) in [6.45, 7) is 3.76. The molecule has 0 bridgehead atoms. The van der Waals surface area contributed by atoms with Crippen LogP contribution >= 0.6 is 0 Å². The van der Waals surface area contributed by atoms with E-state index in [1.165, 1.54) is 13.1 Å². The third-order valence-electron chi connectivity index (χ3n) is 6.60. The van der Waals surface area contributed by atoms with E-state index in [0.29, 0.717) is 12.0 Å². The molecule has 37 heavy (non-hydrogen) atoms. The predicted molar refractivity (Wildman–Crippen MR) is 139 cm³/mol. The Morgan fingerprint density at radius 1 is 0.946 bits per heavy atom. The molecule has 0 aromatic heterocycles. The van der Waals surface area contributed by atoms with E-state index in [-0.39, 0.29) is 25.6 Å². The normalized spacial score (nSPS) is 12.7. The first-order valence-electron chi connectivity index (χ1n) is 12.1. The van der Waals surface area contributed by atoms with Gasteiger partial charge in [-0.15, -0.1) is 0 Å². The monoisotopic (exact) mass is 499 g/mol. The number of hydrogen-bond acceptors (Lipinski definition) is 5. The highest BCUT2D eigenvalue weighted by Crippen LogP contribution is 2.44. The first-order valence-corrected chi connectivity index (χ1v) is 12.1. The average Bonchev–Trinajstić information content (AvgIpc) is 3.24. The fourth-order valence-corrected chi connectivity index (χ4v) is 4.63. The van der Waals surface area contributed by atoms with Crippen molar-refractivity contribution in [3.05, 3.63) is 108 Å². The Morgan fingerprint density at radius 2 is 1.54 bits per heavy atom. The molecule has 0 radical (unpaired) electrons. The molecule has 0 aliphatic heterocycles. The highest BCUT2D eigenvalue weighted by atomic mass is 16.6. The number of aryl methyl sites for hydroxylation is 1. The van der Waals surface area contributed by atoms with Crippen molar-refractivity contribution in [1.29, 1.82) is 0 Å². The van der Waals surface area contributed by atoms with Crippen LogP contribution in [0.5, 0.6) is 0 Å². The average molecular weight is 500 g/mol. The lowest BCUT2D eigenvalue weighted by Crippen LogP contribution is -2.43. The number of esters is 1. The van der Waals surface area contributed by atoms with Gasteiger partial charge in [0.15, 0.2) is 0 Å². The maximum atomic E-state index is 12.9. The summed E-state index contributed by atoms with van der Waals surface area (Å²) in [5, 5.41) is 9.79. The van der Waals surface area contributed by atoms with Crippen LogP contribution in [0.15, 0.2) is 85.5 Å². The number of ether oxygens (including phenoxy) is 2. The quantitative estimate of drug-likeness (QED) is 0.301. The standard InChI is InChI=1S/C30H29NO6/c1-3-18-36-29(34)21-15-12-20(13-16-21)14-17-27(28(32)33)31(2)30(35)37-19-26-24-10-6-4-8-22(24)23-9-5-7-11-25(23)26/h3-13,15-16,26-27H,1,14,17-19H2,2H3,(H,32,33)/t27-/m1/s1. The molecule has 0 unspecified atom stereocenters. The second-order valence-electron chi connectivity index (χ2n) is 8.89. The molecule has 1 amide bonds. The molecule has 0 spiro atoms. The van der Waals surface area contributed by atoms with Gasteiger partial charge in [0.05, 0.1) is 5.56 Å². The number of rotatable bonds is 10. The van der Waals surface area contributed by atoms with Gasteiger partial charge >= 0.3 is 18.0 Å². The van der Waals surface area contributed by atoms with Gasteiger partial charge in [-0.3, -0.25) is 4.90 Å². The van der Waals surface area contributed by atoms with Crippen LogP contribution in [0.2, 0.25) is 0 Å². The van der Waals surface area contributed by atoms with Crippen LogP contribution in [-0.4, -0.2) is 54.3 Å². The Hall–Kier alpha value is -4.39. The number of fused-ring (bicyclic) bond motifs is 3. The molecular weight excluding hydrogens is 470 g/mol. The summed E-state index contributed by atoms with van der Waals surface area (Å²) >= 11 is 0. The van der Waals surface area contributed by atoms with Crippen LogP contribution in [0.25, 0.3) is 11.1 Å². The van der Waals surface area contributed by atoms with Crippen LogP contribution in [-0.2, 0) is 20.7 Å². The van der Waals surface area contributed by atoms with Gasteiger partial charge in [-0.25, -0.2) is 14.4 Å². The van der Waals surface area contributed by atoms with Crippen molar-refractivity contribution in [2.24, 2.45) is 0 Å². The van der Waals surface area contributed by atoms with E-state index in [0.717, 1.165) is 32.7 Å². The smallest absolute Gasteiger partial charge is 0.410 e. The molecule has 3 aromatic rings. The van der Waals surface area contributed by atoms with Crippen molar-refractivity contribution in [2.45, 2.75) is 24.8 Å². The summed E-state index contributed by atoms with van der Waals surface area (Å²) in [4.78, 5) is 37.9. The number of aliphatic carboxylic acids is 1. The number of carbonyl (C=O) groups is 3. The van der Waals surface area contributed by atoms with Crippen molar-refractivity contribution in [3.8, 4) is 11.1 Å². The zero-order valence-corrected chi connectivity index (χ0v) is 20.6. The molecule has 0 fully saturated rings. The van der Waals surface area contributed by atoms with Gasteiger partial charge in [-0.2, -0.15) is 0 Å². The molecule has 1 atom stereocenters. The molecule has 4 rings (SSSR count). The summed E-state index contributed by atoms with van der Waals surface area (Å²) in [5.74, 6) is -1.67. The van der Waals surface area contributed by atoms with Crippen LogP contribution in [0.3, 0.4) is 0 Å².